The highest BCUT2D eigenvalue weighted by atomic mass is 31.2. The number of hydrogen-bond donors (Lipinski definition) is 4. The van der Waals surface area contributed by atoms with Crippen molar-refractivity contribution in [1.29, 1.82) is 0 Å². The molecule has 0 bridgehead atoms. The first kappa shape index (κ1) is 57.3. The molecule has 0 spiro atoms. The second-order valence-corrected chi connectivity index (χ2v) is 16.9. The second-order valence-electron chi connectivity index (χ2n) is 15.6. The Bertz CT molecular complexity index is 834. The monoisotopic (exact) mass is 799 g/mol. The number of nitrogens with zero attached hydrogens (tertiary/aromatic N) is 1. The molecule has 0 heterocycles. The lowest BCUT2D eigenvalue weighted by Crippen LogP contribution is -2.36. The molecule has 12 heteroatoms. The second kappa shape index (κ2) is 43.1. The number of hydrogen-bond acceptors (Lipinski definition) is 8. The zero-order chi connectivity index (χ0) is 41.2. The minimum Gasteiger partial charge on any atom is -0.462 e. The van der Waals surface area contributed by atoms with Crippen molar-refractivity contribution in [2.75, 3.05) is 54.1 Å². The number of phosphoric acid groups is 1. The van der Waals surface area contributed by atoms with Gasteiger partial charge >= 0.3 is 19.8 Å². The Labute approximate surface area is 332 Å². The van der Waals surface area contributed by atoms with Gasteiger partial charge in [0.2, 0.25) is 0 Å². The van der Waals surface area contributed by atoms with Crippen LogP contribution in [-0.2, 0) is 28.2 Å². The van der Waals surface area contributed by atoms with Crippen molar-refractivity contribution in [3.05, 3.63) is 0 Å². The van der Waals surface area contributed by atoms with Gasteiger partial charge in [-0.15, -0.1) is 0 Å². The number of carbonyl (C=O) groups is 2. The molecule has 0 saturated carbocycles. The maximum absolute atomic E-state index is 12.3. The Morgan fingerprint density at radius 2 is 0.852 bits per heavy atom. The fraction of sp³-hybridized carbons (Fsp3) is 0.952. The van der Waals surface area contributed by atoms with E-state index >= 15 is 0 Å². The lowest BCUT2D eigenvalue weighted by atomic mass is 10.0. The van der Waals surface area contributed by atoms with E-state index < -0.39 is 32.5 Å². The Kier molecular flexibility index (Phi) is 45.7. The van der Waals surface area contributed by atoms with Crippen LogP contribution < -0.4 is 0 Å². The van der Waals surface area contributed by atoms with Crippen molar-refractivity contribution in [3.63, 3.8) is 0 Å². The number of esters is 2. The van der Waals surface area contributed by atoms with Crippen LogP contribution in [-0.4, -0.2) is 96.6 Å². The number of aliphatic hydroxyl groups excluding tert-OH is 2. The first-order valence-corrected chi connectivity index (χ1v) is 23.4. The van der Waals surface area contributed by atoms with Crippen LogP contribution >= 0.6 is 7.82 Å². The molecule has 0 unspecified atom stereocenters. The fourth-order valence-electron chi connectivity index (χ4n) is 5.67. The summed E-state index contributed by atoms with van der Waals surface area (Å²) in [6.45, 7) is 6.73. The standard InChI is InChI=1S/C35H69O8P.C5H14NO.C2H6O/c1-3-5-7-9-11-13-15-17-19-21-23-25-27-29-34(36)41-31-33(32-42-44(38,39)40)43-35(37)30-28-26-24-22-20-18-16-14-12-10-8-6-4-2;1-6(2,3)4-5-7;1-2-3/h33H,3-32H2,1-2H3,(H2,38,39,40);7H,4-5H2,1-3H3;3H,2H2,1H3/q;+1;/t33-;;/m1../s1. The summed E-state index contributed by atoms with van der Waals surface area (Å²) in [5.41, 5.74) is 0. The van der Waals surface area contributed by atoms with Gasteiger partial charge in [0, 0.05) is 19.4 Å². The van der Waals surface area contributed by atoms with Crippen LogP contribution in [0, 0.1) is 0 Å². The van der Waals surface area contributed by atoms with Gasteiger partial charge in [-0.3, -0.25) is 14.1 Å². The van der Waals surface area contributed by atoms with Gasteiger partial charge in [0.15, 0.2) is 6.10 Å². The maximum atomic E-state index is 12.3. The molecule has 0 aromatic heterocycles. The fourth-order valence-corrected chi connectivity index (χ4v) is 6.03. The van der Waals surface area contributed by atoms with E-state index in [1.165, 1.54) is 128 Å². The minimum absolute atomic E-state index is 0.219. The maximum Gasteiger partial charge on any atom is 0.469 e. The SMILES string of the molecule is CCCCCCCCCCCCCCCC(=O)OC[C@H](COP(=O)(O)O)OC(=O)CCCCCCCCCCCCCCC.CCO.C[N+](C)(C)CCO. The molecule has 0 aliphatic rings. The highest BCUT2D eigenvalue weighted by molar-refractivity contribution is 7.46. The molecule has 0 saturated heterocycles. The van der Waals surface area contributed by atoms with Crippen LogP contribution in [0.4, 0.5) is 0 Å². The molecule has 0 radical (unpaired) electrons. The predicted molar refractivity (Wildman–Crippen MR) is 222 cm³/mol. The molecule has 4 N–H and O–H groups in total. The van der Waals surface area contributed by atoms with Gasteiger partial charge in [-0.2, -0.15) is 0 Å². The molecule has 54 heavy (non-hydrogen) atoms. The number of quaternary nitrogens is 1. The van der Waals surface area contributed by atoms with E-state index in [2.05, 4.69) is 39.5 Å². The largest absolute Gasteiger partial charge is 0.469 e. The molecule has 0 aromatic rings. The molecule has 0 fully saturated rings. The van der Waals surface area contributed by atoms with Gasteiger partial charge in [0.25, 0.3) is 0 Å². The van der Waals surface area contributed by atoms with Crippen molar-refractivity contribution in [2.45, 2.75) is 207 Å². The van der Waals surface area contributed by atoms with Gasteiger partial charge in [-0.05, 0) is 19.8 Å². The Balaban J connectivity index is -0.00000228. The summed E-state index contributed by atoms with van der Waals surface area (Å²) in [6.07, 6.45) is 31.0. The lowest BCUT2D eigenvalue weighted by molar-refractivity contribution is -0.870. The highest BCUT2D eigenvalue weighted by Gasteiger charge is 2.23. The van der Waals surface area contributed by atoms with Crippen molar-refractivity contribution in [3.8, 4) is 0 Å². The smallest absolute Gasteiger partial charge is 0.462 e. The summed E-state index contributed by atoms with van der Waals surface area (Å²) >= 11 is 0. The number of unbranched alkanes of at least 4 members (excludes halogenated alkanes) is 24. The van der Waals surface area contributed by atoms with Gasteiger partial charge in [0.05, 0.1) is 34.4 Å². The van der Waals surface area contributed by atoms with Crippen LogP contribution in [0.15, 0.2) is 0 Å². The molecule has 0 aromatic carbocycles. The normalized spacial score (nSPS) is 12.0. The molecule has 0 rings (SSSR count). The Morgan fingerprint density at radius 3 is 1.13 bits per heavy atom. The first-order valence-electron chi connectivity index (χ1n) is 21.8. The number of aliphatic hydroxyl groups is 2. The topological polar surface area (TPSA) is 160 Å². The molecular weight excluding hydrogens is 709 g/mol. The van der Waals surface area contributed by atoms with Gasteiger partial charge in [-0.25, -0.2) is 4.57 Å². The van der Waals surface area contributed by atoms with Crippen molar-refractivity contribution >= 4 is 19.8 Å². The number of rotatable bonds is 36. The average molecular weight is 799 g/mol. The van der Waals surface area contributed by atoms with Crippen LogP contribution in [0.1, 0.15) is 201 Å². The molecule has 11 nitrogen and oxygen atoms in total. The third kappa shape index (κ3) is 55.3. The zero-order valence-electron chi connectivity index (χ0n) is 36.0. The molecule has 326 valence electrons. The first-order chi connectivity index (χ1) is 25.8. The zero-order valence-corrected chi connectivity index (χ0v) is 36.9. The molecular formula is C42H89NO10P+. The average Bonchev–Trinajstić information content (AvgIpc) is 3.09. The quantitative estimate of drug-likeness (QED) is 0.0208. The molecule has 0 aliphatic carbocycles. The molecule has 1 atom stereocenters. The third-order valence-electron chi connectivity index (χ3n) is 8.90. The van der Waals surface area contributed by atoms with Crippen molar-refractivity contribution < 1.29 is 52.6 Å². The van der Waals surface area contributed by atoms with E-state index in [-0.39, 0.29) is 32.7 Å². The minimum atomic E-state index is -4.74. The summed E-state index contributed by atoms with van der Waals surface area (Å²) in [4.78, 5) is 42.6. The third-order valence-corrected chi connectivity index (χ3v) is 9.38. The summed E-state index contributed by atoms with van der Waals surface area (Å²) in [6, 6.07) is 0. The van der Waals surface area contributed by atoms with Crippen LogP contribution in [0.25, 0.3) is 0 Å². The van der Waals surface area contributed by atoms with E-state index in [4.69, 9.17) is 29.5 Å². The van der Waals surface area contributed by atoms with E-state index in [1.807, 2.05) is 0 Å². The predicted octanol–water partition coefficient (Wildman–Crippen LogP) is 10.2. The van der Waals surface area contributed by atoms with Crippen LogP contribution in [0.3, 0.4) is 0 Å². The van der Waals surface area contributed by atoms with Crippen molar-refractivity contribution in [2.24, 2.45) is 0 Å². The van der Waals surface area contributed by atoms with Crippen LogP contribution in [0.2, 0.25) is 0 Å². The summed E-state index contributed by atoms with van der Waals surface area (Å²) in [7, 11) is 1.42. The van der Waals surface area contributed by atoms with Crippen molar-refractivity contribution in [1.82, 2.24) is 0 Å². The summed E-state index contributed by atoms with van der Waals surface area (Å²) in [5.74, 6) is -0.873. The van der Waals surface area contributed by atoms with Gasteiger partial charge in [0.1, 0.15) is 13.2 Å². The van der Waals surface area contributed by atoms with E-state index in [0.717, 1.165) is 43.1 Å². The Morgan fingerprint density at radius 1 is 0.537 bits per heavy atom. The highest BCUT2D eigenvalue weighted by Crippen LogP contribution is 2.36. The summed E-state index contributed by atoms with van der Waals surface area (Å²) < 4.78 is 27.1. The number of likely N-dealkylation sites (N-methyl/N-ethyl adjacent to an activating group) is 1. The van der Waals surface area contributed by atoms with Gasteiger partial charge < -0.3 is 34.0 Å². The number of ether oxygens (including phenoxy) is 2. The number of phosphoric ester groups is 1. The van der Waals surface area contributed by atoms with Gasteiger partial charge in [-0.1, -0.05) is 168 Å². The van der Waals surface area contributed by atoms with E-state index in [1.54, 1.807) is 6.92 Å². The van der Waals surface area contributed by atoms with E-state index in [0.29, 0.717) is 6.42 Å². The Hall–Kier alpha value is -1.07. The lowest BCUT2D eigenvalue weighted by Gasteiger charge is -2.21. The number of carbonyl (C=O) groups excluding carboxylic acids is 2. The van der Waals surface area contributed by atoms with E-state index in [9.17, 15) is 14.2 Å². The summed E-state index contributed by atoms with van der Waals surface area (Å²) in [5, 5.41) is 16.0. The molecule has 0 aliphatic heterocycles. The molecule has 0 amide bonds. The van der Waals surface area contributed by atoms with Crippen LogP contribution in [0.5, 0.6) is 0 Å².